The number of aromatic nitrogens is 1. The number of fused-ring (bicyclic) bond motifs is 1. The molecule has 0 saturated heterocycles. The Morgan fingerprint density at radius 1 is 1.22 bits per heavy atom. The lowest BCUT2D eigenvalue weighted by Gasteiger charge is -2.10. The summed E-state index contributed by atoms with van der Waals surface area (Å²) in [6.45, 7) is 1.91. The van der Waals surface area contributed by atoms with E-state index in [0.717, 1.165) is 33.0 Å². The quantitative estimate of drug-likeness (QED) is 0.475. The van der Waals surface area contributed by atoms with Crippen LogP contribution in [0.4, 0.5) is 0 Å². The van der Waals surface area contributed by atoms with Crippen LogP contribution in [-0.2, 0) is 11.2 Å². The molecule has 1 unspecified atom stereocenters. The molecule has 0 aliphatic carbocycles. The van der Waals surface area contributed by atoms with Gasteiger partial charge >= 0.3 is 0 Å². The van der Waals surface area contributed by atoms with Crippen LogP contribution in [0, 0.1) is 0 Å². The minimum atomic E-state index is -0.216. The molecule has 1 N–H and O–H groups in total. The van der Waals surface area contributed by atoms with Gasteiger partial charge in [0.05, 0.1) is 23.2 Å². The van der Waals surface area contributed by atoms with E-state index in [4.69, 9.17) is 16.0 Å². The summed E-state index contributed by atoms with van der Waals surface area (Å²) in [7, 11) is 0. The summed E-state index contributed by atoms with van der Waals surface area (Å²) in [4.78, 5) is 17.0. The smallest absolute Gasteiger partial charge is 0.226 e. The molecule has 4 aromatic rings. The molecule has 4 rings (SSSR count). The highest BCUT2D eigenvalue weighted by Gasteiger charge is 2.16. The second kappa shape index (κ2) is 7.55. The molecule has 0 aliphatic rings. The minimum absolute atomic E-state index is 0.0982. The lowest BCUT2D eigenvalue weighted by Crippen LogP contribution is -2.27. The zero-order valence-electron chi connectivity index (χ0n) is 14.6. The first kappa shape index (κ1) is 17.8. The molecule has 6 heteroatoms. The molecule has 4 nitrogen and oxygen atoms in total. The van der Waals surface area contributed by atoms with Gasteiger partial charge in [-0.15, -0.1) is 11.3 Å². The van der Waals surface area contributed by atoms with Crippen LogP contribution in [0.3, 0.4) is 0 Å². The van der Waals surface area contributed by atoms with Crippen molar-refractivity contribution < 1.29 is 9.21 Å². The number of halogens is 1. The lowest BCUT2D eigenvalue weighted by molar-refractivity contribution is -0.121. The molecular weight excluding hydrogens is 380 g/mol. The standard InChI is InChI=1S/C21H17ClN2O2S/c1-13(19-10-14-6-2-5-9-18(14)26-19)23-20(25)11-15-12-27-21(24-15)16-7-3-4-8-17(16)22/h2-10,12-13H,11H2,1H3,(H,23,25). The van der Waals surface area contributed by atoms with Crippen molar-refractivity contribution in [3.05, 3.63) is 76.5 Å². The first-order chi connectivity index (χ1) is 13.1. The van der Waals surface area contributed by atoms with Gasteiger partial charge in [0.2, 0.25) is 5.91 Å². The van der Waals surface area contributed by atoms with Gasteiger partial charge in [0.1, 0.15) is 16.4 Å². The van der Waals surface area contributed by atoms with E-state index in [0.29, 0.717) is 5.02 Å². The Hall–Kier alpha value is -2.63. The molecule has 0 spiro atoms. The Morgan fingerprint density at radius 2 is 2.00 bits per heavy atom. The van der Waals surface area contributed by atoms with E-state index < -0.39 is 0 Å². The summed E-state index contributed by atoms with van der Waals surface area (Å²) < 4.78 is 5.81. The summed E-state index contributed by atoms with van der Waals surface area (Å²) >= 11 is 7.70. The Kier molecular flexibility index (Phi) is 4.97. The molecular formula is C21H17ClN2O2S. The molecule has 1 amide bonds. The topological polar surface area (TPSA) is 55.1 Å². The van der Waals surface area contributed by atoms with E-state index in [9.17, 15) is 4.79 Å². The predicted molar refractivity (Wildman–Crippen MR) is 109 cm³/mol. The molecule has 0 aliphatic heterocycles. The number of nitrogens with one attached hydrogen (secondary N) is 1. The number of furan rings is 1. The van der Waals surface area contributed by atoms with E-state index in [2.05, 4.69) is 10.3 Å². The number of carbonyl (C=O) groups is 1. The van der Waals surface area contributed by atoms with E-state index in [1.54, 1.807) is 0 Å². The van der Waals surface area contributed by atoms with Crippen molar-refractivity contribution in [2.75, 3.05) is 0 Å². The Bertz CT molecular complexity index is 1070. The van der Waals surface area contributed by atoms with E-state index in [-0.39, 0.29) is 18.4 Å². The van der Waals surface area contributed by atoms with Crippen LogP contribution in [-0.4, -0.2) is 10.9 Å². The molecule has 136 valence electrons. The Morgan fingerprint density at radius 3 is 2.81 bits per heavy atom. The summed E-state index contributed by atoms with van der Waals surface area (Å²) in [6, 6.07) is 17.1. The van der Waals surface area contributed by atoms with Gasteiger partial charge in [0, 0.05) is 16.3 Å². The van der Waals surface area contributed by atoms with Crippen molar-refractivity contribution in [2.45, 2.75) is 19.4 Å². The second-order valence-corrected chi connectivity index (χ2v) is 7.54. The first-order valence-electron chi connectivity index (χ1n) is 8.57. The maximum atomic E-state index is 12.4. The fourth-order valence-electron chi connectivity index (χ4n) is 2.89. The number of carbonyl (C=O) groups excluding carboxylic acids is 1. The number of benzene rings is 2. The highest BCUT2D eigenvalue weighted by Crippen LogP contribution is 2.30. The Balaban J connectivity index is 1.43. The molecule has 2 aromatic carbocycles. The zero-order chi connectivity index (χ0) is 18.8. The lowest BCUT2D eigenvalue weighted by atomic mass is 10.2. The molecule has 0 bridgehead atoms. The van der Waals surface area contributed by atoms with Gasteiger partial charge < -0.3 is 9.73 Å². The number of hydrogen-bond donors (Lipinski definition) is 1. The Labute approximate surface area is 165 Å². The predicted octanol–water partition coefficient (Wildman–Crippen LogP) is 5.63. The summed E-state index contributed by atoms with van der Waals surface area (Å²) in [5.74, 6) is 0.638. The van der Waals surface area contributed by atoms with Crippen molar-refractivity contribution in [2.24, 2.45) is 0 Å². The molecule has 27 heavy (non-hydrogen) atoms. The number of nitrogens with zero attached hydrogens (tertiary/aromatic N) is 1. The van der Waals surface area contributed by atoms with Gasteiger partial charge in [0.25, 0.3) is 0 Å². The van der Waals surface area contributed by atoms with E-state index in [1.165, 1.54) is 11.3 Å². The number of para-hydroxylation sites is 1. The average Bonchev–Trinajstić information content (AvgIpc) is 3.28. The molecule has 0 saturated carbocycles. The monoisotopic (exact) mass is 396 g/mol. The number of hydrogen-bond acceptors (Lipinski definition) is 4. The SMILES string of the molecule is CC(NC(=O)Cc1csc(-c2ccccc2Cl)n1)c1cc2ccccc2o1. The molecule has 0 radical (unpaired) electrons. The van der Waals surface area contributed by atoms with Gasteiger partial charge in [-0.3, -0.25) is 4.79 Å². The highest BCUT2D eigenvalue weighted by molar-refractivity contribution is 7.13. The van der Waals surface area contributed by atoms with Gasteiger partial charge in [-0.05, 0) is 25.1 Å². The largest absolute Gasteiger partial charge is 0.459 e. The number of amides is 1. The van der Waals surface area contributed by atoms with Crippen molar-refractivity contribution in [3.63, 3.8) is 0 Å². The van der Waals surface area contributed by atoms with Crippen LogP contribution in [0.2, 0.25) is 5.02 Å². The van der Waals surface area contributed by atoms with E-state index >= 15 is 0 Å². The van der Waals surface area contributed by atoms with Crippen LogP contribution < -0.4 is 5.32 Å². The summed E-state index contributed by atoms with van der Waals surface area (Å²) in [5.41, 5.74) is 2.42. The van der Waals surface area contributed by atoms with Gasteiger partial charge in [-0.1, -0.05) is 48.0 Å². The molecule has 2 aromatic heterocycles. The third kappa shape index (κ3) is 3.89. The van der Waals surface area contributed by atoms with Crippen LogP contribution in [0.15, 0.2) is 64.4 Å². The molecule has 1 atom stereocenters. The van der Waals surface area contributed by atoms with Crippen molar-refractivity contribution in [1.29, 1.82) is 0 Å². The van der Waals surface area contributed by atoms with Crippen molar-refractivity contribution in [1.82, 2.24) is 10.3 Å². The number of rotatable bonds is 5. The highest BCUT2D eigenvalue weighted by atomic mass is 35.5. The third-order valence-electron chi connectivity index (χ3n) is 4.25. The van der Waals surface area contributed by atoms with Crippen molar-refractivity contribution >= 4 is 39.8 Å². The van der Waals surface area contributed by atoms with Crippen LogP contribution in [0.5, 0.6) is 0 Å². The van der Waals surface area contributed by atoms with Crippen LogP contribution in [0.25, 0.3) is 21.5 Å². The maximum Gasteiger partial charge on any atom is 0.226 e. The third-order valence-corrected chi connectivity index (χ3v) is 5.50. The van der Waals surface area contributed by atoms with E-state index in [1.807, 2.05) is 66.9 Å². The summed E-state index contributed by atoms with van der Waals surface area (Å²) in [5, 5.41) is 7.36. The van der Waals surface area contributed by atoms with Crippen LogP contribution >= 0.6 is 22.9 Å². The second-order valence-electron chi connectivity index (χ2n) is 6.28. The molecule has 2 heterocycles. The van der Waals surface area contributed by atoms with Gasteiger partial charge in [0.15, 0.2) is 0 Å². The first-order valence-corrected chi connectivity index (χ1v) is 9.83. The average molecular weight is 397 g/mol. The fourth-order valence-corrected chi connectivity index (χ4v) is 4.03. The minimum Gasteiger partial charge on any atom is -0.459 e. The summed E-state index contributed by atoms with van der Waals surface area (Å²) in [6.07, 6.45) is 0.214. The number of thiazole rings is 1. The van der Waals surface area contributed by atoms with Crippen LogP contribution in [0.1, 0.15) is 24.4 Å². The van der Waals surface area contributed by atoms with Crippen molar-refractivity contribution in [3.8, 4) is 10.6 Å². The maximum absolute atomic E-state index is 12.4. The fraction of sp³-hybridized carbons (Fsp3) is 0.143. The normalized spacial score (nSPS) is 12.2. The van der Waals surface area contributed by atoms with Gasteiger partial charge in [-0.2, -0.15) is 0 Å². The molecule has 0 fully saturated rings. The zero-order valence-corrected chi connectivity index (χ0v) is 16.2. The van der Waals surface area contributed by atoms with Gasteiger partial charge in [-0.25, -0.2) is 4.98 Å².